The first kappa shape index (κ1) is 28.5. The molecule has 0 saturated carbocycles. The SMILES string of the molecule is CCCCNC(=O)[C@](C)(O)CCC1(c2ccccc2)CN=C(c2cc(C(F)(F)F)cc(C(F)(F)F)c2)O1. The van der Waals surface area contributed by atoms with Crippen molar-refractivity contribution in [1.82, 2.24) is 5.32 Å². The summed E-state index contributed by atoms with van der Waals surface area (Å²) in [4.78, 5) is 16.7. The number of halogens is 6. The molecule has 37 heavy (non-hydrogen) atoms. The predicted molar refractivity (Wildman–Crippen MR) is 125 cm³/mol. The van der Waals surface area contributed by atoms with E-state index in [1.807, 2.05) is 6.92 Å². The van der Waals surface area contributed by atoms with Crippen LogP contribution >= 0.6 is 0 Å². The number of benzene rings is 2. The molecule has 1 unspecified atom stereocenters. The van der Waals surface area contributed by atoms with Crippen molar-refractivity contribution >= 4 is 11.8 Å². The Bertz CT molecular complexity index is 1100. The van der Waals surface area contributed by atoms with Gasteiger partial charge in [0.15, 0.2) is 5.60 Å². The van der Waals surface area contributed by atoms with Gasteiger partial charge in [0, 0.05) is 12.1 Å². The highest BCUT2D eigenvalue weighted by atomic mass is 19.4. The molecular formula is C26H28F6N2O3. The largest absolute Gasteiger partial charge is 0.464 e. The zero-order valence-electron chi connectivity index (χ0n) is 20.3. The van der Waals surface area contributed by atoms with Crippen LogP contribution in [0.3, 0.4) is 0 Å². The molecule has 1 aliphatic heterocycles. The molecule has 0 fully saturated rings. The zero-order chi connectivity index (χ0) is 27.5. The van der Waals surface area contributed by atoms with Gasteiger partial charge in [-0.05, 0) is 49.9 Å². The molecule has 11 heteroatoms. The Hall–Kier alpha value is -3.08. The third kappa shape index (κ3) is 6.82. The van der Waals surface area contributed by atoms with Crippen LogP contribution < -0.4 is 5.32 Å². The molecule has 202 valence electrons. The van der Waals surface area contributed by atoms with Crippen LogP contribution in [-0.2, 0) is 27.5 Å². The Labute approximate surface area is 210 Å². The number of nitrogens with one attached hydrogen (secondary N) is 1. The number of carbonyl (C=O) groups excluding carboxylic acids is 1. The molecule has 1 amide bonds. The fourth-order valence-electron chi connectivity index (χ4n) is 3.97. The first-order valence-electron chi connectivity index (χ1n) is 11.8. The summed E-state index contributed by atoms with van der Waals surface area (Å²) < 4.78 is 86.2. The minimum absolute atomic E-state index is 0.0172. The average molecular weight is 531 g/mol. The first-order valence-corrected chi connectivity index (χ1v) is 11.8. The normalized spacial score (nSPS) is 19.6. The second-order valence-electron chi connectivity index (χ2n) is 9.26. The minimum atomic E-state index is -5.02. The third-order valence-corrected chi connectivity index (χ3v) is 6.23. The van der Waals surface area contributed by atoms with E-state index in [1.54, 1.807) is 30.3 Å². The molecule has 2 aromatic rings. The van der Waals surface area contributed by atoms with Crippen molar-refractivity contribution in [1.29, 1.82) is 0 Å². The zero-order valence-corrected chi connectivity index (χ0v) is 20.3. The maximum atomic E-state index is 13.4. The summed E-state index contributed by atoms with van der Waals surface area (Å²) in [5, 5.41) is 13.4. The van der Waals surface area contributed by atoms with E-state index in [-0.39, 0.29) is 31.4 Å². The Morgan fingerprint density at radius 1 is 1.05 bits per heavy atom. The van der Waals surface area contributed by atoms with Gasteiger partial charge < -0.3 is 15.2 Å². The molecule has 1 heterocycles. The Balaban J connectivity index is 1.92. The van der Waals surface area contributed by atoms with Crippen LogP contribution in [0.5, 0.6) is 0 Å². The number of nitrogens with zero attached hydrogens (tertiary/aromatic N) is 1. The Kier molecular flexibility index (Phi) is 8.26. The third-order valence-electron chi connectivity index (χ3n) is 6.23. The van der Waals surface area contributed by atoms with E-state index in [2.05, 4.69) is 10.3 Å². The quantitative estimate of drug-likeness (QED) is 0.316. The number of ether oxygens (including phenoxy) is 1. The van der Waals surface area contributed by atoms with E-state index < -0.39 is 46.2 Å². The summed E-state index contributed by atoms with van der Waals surface area (Å²) in [7, 11) is 0. The van der Waals surface area contributed by atoms with Crippen molar-refractivity contribution in [2.75, 3.05) is 13.1 Å². The molecule has 0 aromatic heterocycles. The lowest BCUT2D eigenvalue weighted by Gasteiger charge is -2.32. The first-order chi connectivity index (χ1) is 17.2. The number of rotatable bonds is 9. The highest BCUT2D eigenvalue weighted by molar-refractivity contribution is 5.96. The summed E-state index contributed by atoms with van der Waals surface area (Å²) >= 11 is 0. The van der Waals surface area contributed by atoms with Gasteiger partial charge in [0.25, 0.3) is 5.91 Å². The van der Waals surface area contributed by atoms with Gasteiger partial charge >= 0.3 is 12.4 Å². The van der Waals surface area contributed by atoms with E-state index in [0.717, 1.165) is 12.8 Å². The fourth-order valence-corrected chi connectivity index (χ4v) is 3.97. The van der Waals surface area contributed by atoms with Gasteiger partial charge in [0.1, 0.15) is 5.60 Å². The van der Waals surface area contributed by atoms with Crippen LogP contribution in [0.4, 0.5) is 26.3 Å². The van der Waals surface area contributed by atoms with Crippen molar-refractivity contribution in [3.8, 4) is 0 Å². The van der Waals surface area contributed by atoms with Crippen LogP contribution in [0.15, 0.2) is 53.5 Å². The van der Waals surface area contributed by atoms with Gasteiger partial charge in [0.2, 0.25) is 5.90 Å². The second-order valence-corrected chi connectivity index (χ2v) is 9.26. The number of aliphatic hydroxyl groups is 1. The monoisotopic (exact) mass is 530 g/mol. The molecule has 5 nitrogen and oxygen atoms in total. The predicted octanol–water partition coefficient (Wildman–Crippen LogP) is 5.84. The molecule has 0 saturated heterocycles. The number of amides is 1. The molecule has 2 N–H and O–H groups in total. The number of hydrogen-bond acceptors (Lipinski definition) is 4. The summed E-state index contributed by atoms with van der Waals surface area (Å²) in [6, 6.07) is 9.65. The maximum Gasteiger partial charge on any atom is 0.416 e. The van der Waals surface area contributed by atoms with Gasteiger partial charge in [-0.3, -0.25) is 4.79 Å². The van der Waals surface area contributed by atoms with Crippen LogP contribution in [0.1, 0.15) is 61.8 Å². The van der Waals surface area contributed by atoms with Crippen LogP contribution in [-0.4, -0.2) is 35.6 Å². The van der Waals surface area contributed by atoms with Crippen molar-refractivity contribution in [3.63, 3.8) is 0 Å². The van der Waals surface area contributed by atoms with E-state index in [1.165, 1.54) is 6.92 Å². The lowest BCUT2D eigenvalue weighted by atomic mass is 9.84. The minimum Gasteiger partial charge on any atom is -0.464 e. The fraction of sp³-hybridized carbons (Fsp3) is 0.462. The van der Waals surface area contributed by atoms with Crippen LogP contribution in [0.2, 0.25) is 0 Å². The highest BCUT2D eigenvalue weighted by Crippen LogP contribution is 2.41. The molecule has 2 atom stereocenters. The molecule has 0 spiro atoms. The standard InChI is InChI=1S/C26H28F6N2O3/c1-3-4-12-33-22(35)23(2,36)10-11-24(18-8-6-5-7-9-18)16-34-21(37-24)17-13-19(25(27,28)29)15-20(14-17)26(30,31)32/h5-9,13-15,36H,3-4,10-12,16H2,1-2H3,(H,33,35)/t23-,24?/m1/s1. The maximum absolute atomic E-state index is 13.4. The van der Waals surface area contributed by atoms with E-state index in [4.69, 9.17) is 4.74 Å². The molecule has 0 aliphatic carbocycles. The van der Waals surface area contributed by atoms with Gasteiger partial charge in [-0.15, -0.1) is 0 Å². The average Bonchev–Trinajstić information content (AvgIpc) is 3.28. The van der Waals surface area contributed by atoms with Gasteiger partial charge in [-0.2, -0.15) is 26.3 Å². The molecule has 0 bridgehead atoms. The van der Waals surface area contributed by atoms with Gasteiger partial charge in [-0.1, -0.05) is 43.7 Å². The second kappa shape index (κ2) is 10.7. The number of hydrogen-bond donors (Lipinski definition) is 2. The smallest absolute Gasteiger partial charge is 0.416 e. The highest BCUT2D eigenvalue weighted by Gasteiger charge is 2.44. The lowest BCUT2D eigenvalue weighted by molar-refractivity contribution is -0.143. The van der Waals surface area contributed by atoms with Crippen molar-refractivity contribution < 1.29 is 41.0 Å². The van der Waals surface area contributed by atoms with Crippen molar-refractivity contribution in [3.05, 3.63) is 70.8 Å². The van der Waals surface area contributed by atoms with Gasteiger partial charge in [-0.25, -0.2) is 4.99 Å². The Morgan fingerprint density at radius 3 is 2.19 bits per heavy atom. The van der Waals surface area contributed by atoms with E-state index in [9.17, 15) is 36.2 Å². The Morgan fingerprint density at radius 2 is 1.65 bits per heavy atom. The summed E-state index contributed by atoms with van der Waals surface area (Å²) in [6.45, 7) is 3.55. The number of aliphatic imine (C=N–C) groups is 1. The number of carbonyl (C=O) groups is 1. The molecule has 2 aromatic carbocycles. The van der Waals surface area contributed by atoms with Crippen LogP contribution in [0, 0.1) is 0 Å². The molecular weight excluding hydrogens is 502 g/mol. The summed E-state index contributed by atoms with van der Waals surface area (Å²) in [6.07, 6.45) is -8.54. The van der Waals surface area contributed by atoms with Crippen molar-refractivity contribution in [2.24, 2.45) is 4.99 Å². The van der Waals surface area contributed by atoms with Crippen molar-refractivity contribution in [2.45, 2.75) is 63.1 Å². The lowest BCUT2D eigenvalue weighted by Crippen LogP contribution is -2.46. The van der Waals surface area contributed by atoms with Crippen LogP contribution in [0.25, 0.3) is 0 Å². The summed E-state index contributed by atoms with van der Waals surface area (Å²) in [5.74, 6) is -0.969. The number of alkyl halides is 6. The molecule has 0 radical (unpaired) electrons. The topological polar surface area (TPSA) is 70.9 Å². The molecule has 1 aliphatic rings. The number of unbranched alkanes of at least 4 members (excludes halogenated alkanes) is 1. The van der Waals surface area contributed by atoms with E-state index in [0.29, 0.717) is 24.2 Å². The molecule has 3 rings (SSSR count). The van der Waals surface area contributed by atoms with Gasteiger partial charge in [0.05, 0.1) is 17.7 Å². The van der Waals surface area contributed by atoms with E-state index >= 15 is 0 Å². The summed E-state index contributed by atoms with van der Waals surface area (Å²) in [5.41, 5.74) is -5.97.